The van der Waals surface area contributed by atoms with E-state index in [1.54, 1.807) is 4.57 Å². The lowest BCUT2D eigenvalue weighted by atomic mass is 10.2. The van der Waals surface area contributed by atoms with Gasteiger partial charge in [0.05, 0.1) is 23.0 Å². The van der Waals surface area contributed by atoms with Gasteiger partial charge >= 0.3 is 0 Å². The lowest BCUT2D eigenvalue weighted by molar-refractivity contribution is -0.121. The number of ether oxygens (including phenoxy) is 2. The summed E-state index contributed by atoms with van der Waals surface area (Å²) in [5.74, 6) is -0.0396. The average molecular weight is 504 g/mol. The summed E-state index contributed by atoms with van der Waals surface area (Å²) in [7, 11) is 0. The van der Waals surface area contributed by atoms with Crippen molar-refractivity contribution < 1.29 is 14.3 Å². The molecule has 0 bridgehead atoms. The van der Waals surface area contributed by atoms with Crippen LogP contribution in [0.15, 0.2) is 34.2 Å². The second-order valence-electron chi connectivity index (χ2n) is 8.80. The topological polar surface area (TPSA) is 82.5 Å². The Kier molecular flexibility index (Phi) is 8.63. The van der Waals surface area contributed by atoms with Crippen LogP contribution in [0.2, 0.25) is 0 Å². The number of nitrogens with zero attached hydrogens (tertiary/aromatic N) is 2. The van der Waals surface area contributed by atoms with Crippen LogP contribution in [0.4, 0.5) is 0 Å². The normalized spacial score (nSPS) is 17.1. The maximum absolute atomic E-state index is 13.5. The third-order valence-electron chi connectivity index (χ3n) is 5.86. The van der Waals surface area contributed by atoms with E-state index in [1.807, 2.05) is 45.0 Å². The van der Waals surface area contributed by atoms with E-state index in [1.165, 1.54) is 23.1 Å². The minimum atomic E-state index is -0.339. The van der Waals surface area contributed by atoms with Crippen molar-refractivity contribution >= 4 is 49.3 Å². The van der Waals surface area contributed by atoms with Crippen molar-refractivity contribution in [1.29, 1.82) is 0 Å². The SMILES string of the molecule is CC[C@@H](Sc1nc2c(sc3ccccc32)c(=O)n1CCCOC(C)C)C(=O)NC[C@H]1CCCO1. The quantitative estimate of drug-likeness (QED) is 0.234. The first-order chi connectivity index (χ1) is 16.5. The van der Waals surface area contributed by atoms with E-state index in [2.05, 4.69) is 5.32 Å². The van der Waals surface area contributed by atoms with Crippen molar-refractivity contribution in [3.63, 3.8) is 0 Å². The van der Waals surface area contributed by atoms with Crippen molar-refractivity contribution in [2.75, 3.05) is 19.8 Å². The molecule has 1 aliphatic heterocycles. The number of nitrogens with one attached hydrogen (secondary N) is 1. The summed E-state index contributed by atoms with van der Waals surface area (Å²) in [4.78, 5) is 31.5. The number of aromatic nitrogens is 2. The molecule has 1 amide bonds. The van der Waals surface area contributed by atoms with Gasteiger partial charge in [-0.1, -0.05) is 36.9 Å². The van der Waals surface area contributed by atoms with Crippen LogP contribution in [0.3, 0.4) is 0 Å². The van der Waals surface area contributed by atoms with Crippen LogP contribution in [0.1, 0.15) is 46.5 Å². The minimum absolute atomic E-state index is 0.0396. The van der Waals surface area contributed by atoms with Crippen LogP contribution >= 0.6 is 23.1 Å². The van der Waals surface area contributed by atoms with Crippen LogP contribution in [-0.4, -0.2) is 52.7 Å². The maximum Gasteiger partial charge on any atom is 0.272 e. The monoisotopic (exact) mass is 503 g/mol. The van der Waals surface area contributed by atoms with Crippen LogP contribution < -0.4 is 10.9 Å². The molecule has 2 atom stereocenters. The predicted octanol–water partition coefficient (Wildman–Crippen LogP) is 4.59. The van der Waals surface area contributed by atoms with E-state index in [4.69, 9.17) is 14.5 Å². The molecule has 3 aromatic rings. The number of hydrogen-bond donors (Lipinski definition) is 1. The van der Waals surface area contributed by atoms with E-state index in [-0.39, 0.29) is 28.9 Å². The molecule has 2 aromatic heterocycles. The molecule has 1 aromatic carbocycles. The van der Waals surface area contributed by atoms with Gasteiger partial charge in [-0.2, -0.15) is 0 Å². The molecule has 4 rings (SSSR count). The van der Waals surface area contributed by atoms with Crippen molar-refractivity contribution in [1.82, 2.24) is 14.9 Å². The van der Waals surface area contributed by atoms with E-state index in [0.29, 0.717) is 42.4 Å². The number of carbonyl (C=O) groups excluding carboxylic acids is 1. The Bertz CT molecular complexity index is 1180. The summed E-state index contributed by atoms with van der Waals surface area (Å²) >= 11 is 2.85. The summed E-state index contributed by atoms with van der Waals surface area (Å²) in [6, 6.07) is 7.95. The molecule has 184 valence electrons. The van der Waals surface area contributed by atoms with Gasteiger partial charge in [-0.05, 0) is 45.6 Å². The smallest absolute Gasteiger partial charge is 0.272 e. The summed E-state index contributed by atoms with van der Waals surface area (Å²) in [6.45, 7) is 8.34. The molecule has 1 N–H and O–H groups in total. The molecule has 0 unspecified atom stereocenters. The Morgan fingerprint density at radius 1 is 1.38 bits per heavy atom. The molecule has 9 heteroatoms. The van der Waals surface area contributed by atoms with Gasteiger partial charge in [0, 0.05) is 36.4 Å². The summed E-state index contributed by atoms with van der Waals surface area (Å²) < 4.78 is 14.7. The number of thioether (sulfide) groups is 1. The van der Waals surface area contributed by atoms with E-state index in [9.17, 15) is 9.59 Å². The second kappa shape index (κ2) is 11.7. The van der Waals surface area contributed by atoms with Gasteiger partial charge in [0.2, 0.25) is 5.91 Å². The molecular formula is C25H33N3O4S2. The molecule has 34 heavy (non-hydrogen) atoms. The van der Waals surface area contributed by atoms with Gasteiger partial charge in [0.1, 0.15) is 4.70 Å². The molecule has 0 saturated carbocycles. The number of amides is 1. The number of thiophene rings is 1. The average Bonchev–Trinajstić information content (AvgIpc) is 3.48. The fourth-order valence-corrected chi connectivity index (χ4v) is 6.21. The van der Waals surface area contributed by atoms with Crippen LogP contribution in [0.5, 0.6) is 0 Å². The van der Waals surface area contributed by atoms with Crippen molar-refractivity contribution in [3.05, 3.63) is 34.6 Å². The number of hydrogen-bond acceptors (Lipinski definition) is 7. The molecule has 0 radical (unpaired) electrons. The number of rotatable bonds is 11. The second-order valence-corrected chi connectivity index (χ2v) is 11.0. The third kappa shape index (κ3) is 5.82. The zero-order valence-corrected chi connectivity index (χ0v) is 21.7. The van der Waals surface area contributed by atoms with Gasteiger partial charge in [0.25, 0.3) is 5.56 Å². The van der Waals surface area contributed by atoms with E-state index >= 15 is 0 Å². The van der Waals surface area contributed by atoms with Crippen molar-refractivity contribution in [2.45, 2.75) is 75.6 Å². The first-order valence-corrected chi connectivity index (χ1v) is 13.8. The zero-order chi connectivity index (χ0) is 24.1. The molecule has 0 spiro atoms. The highest BCUT2D eigenvalue weighted by molar-refractivity contribution is 8.00. The van der Waals surface area contributed by atoms with Gasteiger partial charge in [-0.25, -0.2) is 4.98 Å². The maximum atomic E-state index is 13.5. The fourth-order valence-electron chi connectivity index (χ4n) is 4.07. The Hall–Kier alpha value is -1.94. The summed E-state index contributed by atoms with van der Waals surface area (Å²) in [5.41, 5.74) is 0.672. The van der Waals surface area contributed by atoms with Gasteiger partial charge in [-0.3, -0.25) is 14.2 Å². The van der Waals surface area contributed by atoms with Crippen LogP contribution in [0.25, 0.3) is 20.3 Å². The van der Waals surface area contributed by atoms with Crippen LogP contribution in [0, 0.1) is 0 Å². The van der Waals surface area contributed by atoms with E-state index < -0.39 is 0 Å². The standard InChI is InChI=1S/C25H33N3O4S2/c1-4-19(23(29)26-15-17-9-7-13-32-17)34-25-27-21-18-10-5-6-11-20(18)33-22(21)24(30)28(25)12-8-14-31-16(2)3/h5-6,10-11,16-17,19H,4,7-9,12-15H2,1-3H3,(H,26,29)/t17-,19-/m1/s1. The minimum Gasteiger partial charge on any atom is -0.379 e. The first-order valence-electron chi connectivity index (χ1n) is 12.1. The fraction of sp³-hybridized carbons (Fsp3) is 0.560. The Morgan fingerprint density at radius 2 is 2.21 bits per heavy atom. The number of fused-ring (bicyclic) bond motifs is 3. The van der Waals surface area contributed by atoms with Crippen LogP contribution in [-0.2, 0) is 20.8 Å². The Labute approximate surface area is 208 Å². The highest BCUT2D eigenvalue weighted by Crippen LogP contribution is 2.33. The van der Waals surface area contributed by atoms with Crippen molar-refractivity contribution in [3.8, 4) is 0 Å². The lowest BCUT2D eigenvalue weighted by Crippen LogP contribution is -2.37. The van der Waals surface area contributed by atoms with Gasteiger partial charge in [0.15, 0.2) is 5.16 Å². The largest absolute Gasteiger partial charge is 0.379 e. The van der Waals surface area contributed by atoms with Crippen molar-refractivity contribution in [2.24, 2.45) is 0 Å². The van der Waals surface area contributed by atoms with Gasteiger partial charge in [-0.15, -0.1) is 11.3 Å². The molecule has 3 heterocycles. The highest BCUT2D eigenvalue weighted by atomic mass is 32.2. The first kappa shape index (κ1) is 25.2. The van der Waals surface area contributed by atoms with Gasteiger partial charge < -0.3 is 14.8 Å². The lowest BCUT2D eigenvalue weighted by Gasteiger charge is -2.19. The summed E-state index contributed by atoms with van der Waals surface area (Å²) in [5, 5.41) is 4.27. The number of carbonyl (C=O) groups is 1. The molecule has 1 aliphatic rings. The summed E-state index contributed by atoms with van der Waals surface area (Å²) in [6.07, 6.45) is 3.59. The molecule has 0 aliphatic carbocycles. The molecular weight excluding hydrogens is 470 g/mol. The third-order valence-corrected chi connectivity index (χ3v) is 8.37. The highest BCUT2D eigenvalue weighted by Gasteiger charge is 2.24. The number of benzene rings is 1. The Morgan fingerprint density at radius 3 is 2.94 bits per heavy atom. The van der Waals surface area contributed by atoms with E-state index in [0.717, 1.165) is 35.1 Å². The predicted molar refractivity (Wildman–Crippen MR) is 139 cm³/mol. The molecule has 1 saturated heterocycles. The molecule has 7 nitrogen and oxygen atoms in total. The zero-order valence-electron chi connectivity index (χ0n) is 20.0. The molecule has 1 fully saturated rings. The Balaban J connectivity index is 1.62.